The number of hydrogen-bond acceptors (Lipinski definition) is 3. The summed E-state index contributed by atoms with van der Waals surface area (Å²) in [5.74, 6) is -3.14. The van der Waals surface area contributed by atoms with Crippen LogP contribution in [0.2, 0.25) is 0 Å². The summed E-state index contributed by atoms with van der Waals surface area (Å²) in [7, 11) is 0. The molecule has 1 fully saturated rings. The van der Waals surface area contributed by atoms with Crippen LogP contribution in [-0.4, -0.2) is 0 Å². The Morgan fingerprint density at radius 3 is 2.15 bits per heavy atom. The number of rotatable bonds is 2. The SMILES string of the molecule is O=P1(Cl)O[C@@H](c2ccccc2)C[C@H](c2ccccc2)S1. The lowest BCUT2D eigenvalue weighted by molar-refractivity contribution is 0.205. The van der Waals surface area contributed by atoms with Gasteiger partial charge in [-0.1, -0.05) is 60.7 Å². The highest BCUT2D eigenvalue weighted by Crippen LogP contribution is 2.75. The average molecular weight is 325 g/mol. The van der Waals surface area contributed by atoms with Crippen molar-refractivity contribution in [3.63, 3.8) is 0 Å². The monoisotopic (exact) mass is 324 g/mol. The molecule has 1 aliphatic heterocycles. The maximum absolute atomic E-state index is 12.3. The van der Waals surface area contributed by atoms with Gasteiger partial charge in [-0.3, -0.25) is 4.57 Å². The summed E-state index contributed by atoms with van der Waals surface area (Å²) in [6.45, 7) is 0. The minimum Gasteiger partial charge on any atom is -0.302 e. The first-order valence-corrected chi connectivity index (χ1v) is 10.4. The molecule has 3 rings (SSSR count). The van der Waals surface area contributed by atoms with Gasteiger partial charge < -0.3 is 4.52 Å². The first-order chi connectivity index (χ1) is 9.64. The van der Waals surface area contributed by atoms with Crippen molar-refractivity contribution in [3.8, 4) is 0 Å². The highest BCUT2D eigenvalue weighted by molar-refractivity contribution is 8.63. The van der Waals surface area contributed by atoms with Gasteiger partial charge in [-0.25, -0.2) is 0 Å². The molecular formula is C15H14ClO2PS. The van der Waals surface area contributed by atoms with E-state index < -0.39 is 5.92 Å². The Labute approximate surface area is 127 Å². The molecule has 1 unspecified atom stereocenters. The predicted molar refractivity (Wildman–Crippen MR) is 85.1 cm³/mol. The van der Waals surface area contributed by atoms with E-state index in [1.54, 1.807) is 0 Å². The number of benzene rings is 2. The van der Waals surface area contributed by atoms with E-state index in [1.807, 2.05) is 60.7 Å². The Morgan fingerprint density at radius 1 is 1.00 bits per heavy atom. The molecule has 0 spiro atoms. The third-order valence-electron chi connectivity index (χ3n) is 3.28. The molecule has 0 radical (unpaired) electrons. The number of halogens is 1. The van der Waals surface area contributed by atoms with E-state index in [-0.39, 0.29) is 11.4 Å². The van der Waals surface area contributed by atoms with Crippen LogP contribution in [0.3, 0.4) is 0 Å². The van der Waals surface area contributed by atoms with Crippen molar-refractivity contribution in [2.75, 3.05) is 0 Å². The van der Waals surface area contributed by atoms with Crippen LogP contribution in [0.15, 0.2) is 60.7 Å². The van der Waals surface area contributed by atoms with Gasteiger partial charge >= 0.3 is 5.92 Å². The minimum atomic E-state index is -3.14. The normalized spacial score (nSPS) is 30.1. The quantitative estimate of drug-likeness (QED) is 0.637. The van der Waals surface area contributed by atoms with Gasteiger partial charge in [0, 0.05) is 5.25 Å². The Bertz CT molecular complexity index is 569. The molecule has 1 aliphatic rings. The van der Waals surface area contributed by atoms with Gasteiger partial charge in [0.15, 0.2) is 0 Å². The second-order valence-electron chi connectivity index (χ2n) is 4.68. The van der Waals surface area contributed by atoms with Gasteiger partial charge in [0.1, 0.15) is 0 Å². The third-order valence-corrected chi connectivity index (χ3v) is 7.49. The van der Waals surface area contributed by atoms with Crippen molar-refractivity contribution in [2.24, 2.45) is 0 Å². The van der Waals surface area contributed by atoms with Crippen molar-refractivity contribution in [1.29, 1.82) is 0 Å². The molecule has 1 heterocycles. The molecule has 0 aliphatic carbocycles. The summed E-state index contributed by atoms with van der Waals surface area (Å²) in [5.41, 5.74) is 2.16. The van der Waals surface area contributed by atoms with E-state index in [0.717, 1.165) is 17.5 Å². The summed E-state index contributed by atoms with van der Waals surface area (Å²) in [5, 5.41) is 0.0958. The lowest BCUT2D eigenvalue weighted by atomic mass is 10.0. The van der Waals surface area contributed by atoms with E-state index in [9.17, 15) is 4.57 Å². The largest absolute Gasteiger partial charge is 0.347 e. The van der Waals surface area contributed by atoms with Crippen molar-refractivity contribution in [2.45, 2.75) is 17.8 Å². The fraction of sp³-hybridized carbons (Fsp3) is 0.200. The van der Waals surface area contributed by atoms with Gasteiger partial charge in [0.25, 0.3) is 0 Å². The van der Waals surface area contributed by atoms with Crippen molar-refractivity contribution in [1.82, 2.24) is 0 Å². The van der Waals surface area contributed by atoms with Crippen LogP contribution < -0.4 is 0 Å². The topological polar surface area (TPSA) is 26.3 Å². The van der Waals surface area contributed by atoms with E-state index in [0.29, 0.717) is 0 Å². The van der Waals surface area contributed by atoms with Crippen LogP contribution >= 0.6 is 28.5 Å². The fourth-order valence-electron chi connectivity index (χ4n) is 2.34. The average Bonchev–Trinajstić information content (AvgIpc) is 2.47. The standard InChI is InChI=1S/C15H14ClO2PS/c16-19(17)18-14(12-7-3-1-4-8-12)11-15(20-19)13-9-5-2-6-10-13/h1-10,14-15H,11H2/t14-,15-,19?/m1/s1. The zero-order chi connectivity index (χ0) is 14.0. The van der Waals surface area contributed by atoms with Gasteiger partial charge in [0.2, 0.25) is 0 Å². The molecule has 2 aromatic carbocycles. The smallest absolute Gasteiger partial charge is 0.302 e. The van der Waals surface area contributed by atoms with Crippen molar-refractivity contribution in [3.05, 3.63) is 71.8 Å². The van der Waals surface area contributed by atoms with Crippen molar-refractivity contribution < 1.29 is 9.09 Å². The molecule has 5 heteroatoms. The van der Waals surface area contributed by atoms with Crippen LogP contribution in [0.5, 0.6) is 0 Å². The van der Waals surface area contributed by atoms with E-state index >= 15 is 0 Å². The summed E-state index contributed by atoms with van der Waals surface area (Å²) in [6.07, 6.45) is 0.557. The Balaban J connectivity index is 1.89. The summed E-state index contributed by atoms with van der Waals surface area (Å²) in [4.78, 5) is 0. The molecular weight excluding hydrogens is 311 g/mol. The zero-order valence-electron chi connectivity index (χ0n) is 10.7. The zero-order valence-corrected chi connectivity index (χ0v) is 13.2. The van der Waals surface area contributed by atoms with Crippen molar-refractivity contribution >= 4 is 28.5 Å². The van der Waals surface area contributed by atoms with E-state index in [2.05, 4.69) is 0 Å². The molecule has 2 aromatic rings. The lowest BCUT2D eigenvalue weighted by Gasteiger charge is -2.32. The van der Waals surface area contributed by atoms with Crippen LogP contribution in [0, 0.1) is 0 Å². The molecule has 2 nitrogen and oxygen atoms in total. The van der Waals surface area contributed by atoms with E-state index in [1.165, 1.54) is 11.4 Å². The van der Waals surface area contributed by atoms with Crippen LogP contribution in [0.25, 0.3) is 0 Å². The Morgan fingerprint density at radius 2 is 1.55 bits per heavy atom. The maximum atomic E-state index is 12.3. The summed E-state index contributed by atoms with van der Waals surface area (Å²) < 4.78 is 17.9. The second kappa shape index (κ2) is 5.95. The highest BCUT2D eigenvalue weighted by Gasteiger charge is 2.38. The molecule has 104 valence electrons. The maximum Gasteiger partial charge on any atom is 0.347 e. The molecule has 0 aromatic heterocycles. The minimum absolute atomic E-state index is 0.0958. The van der Waals surface area contributed by atoms with Gasteiger partial charge in [-0.15, -0.1) is 0 Å². The summed E-state index contributed by atoms with van der Waals surface area (Å²) in [6, 6.07) is 19.9. The second-order valence-corrected chi connectivity index (χ2v) is 10.5. The lowest BCUT2D eigenvalue weighted by Crippen LogP contribution is -2.10. The first kappa shape index (κ1) is 14.2. The molecule has 0 N–H and O–H groups in total. The molecule has 0 amide bonds. The van der Waals surface area contributed by atoms with E-state index in [4.69, 9.17) is 15.8 Å². The Hall–Kier alpha value is -0.730. The van der Waals surface area contributed by atoms with Crippen LogP contribution in [0.4, 0.5) is 0 Å². The fourth-order valence-corrected chi connectivity index (χ4v) is 6.89. The first-order valence-electron chi connectivity index (χ1n) is 6.40. The van der Waals surface area contributed by atoms with Gasteiger partial charge in [-0.2, -0.15) is 0 Å². The Kier molecular flexibility index (Phi) is 4.23. The molecule has 0 saturated carbocycles. The van der Waals surface area contributed by atoms with Gasteiger partial charge in [0.05, 0.1) is 6.10 Å². The molecule has 0 bridgehead atoms. The number of hydrogen-bond donors (Lipinski definition) is 0. The molecule has 1 saturated heterocycles. The van der Waals surface area contributed by atoms with Crippen LogP contribution in [-0.2, 0) is 9.09 Å². The highest BCUT2D eigenvalue weighted by atomic mass is 35.7. The predicted octanol–water partition coefficient (Wildman–Crippen LogP) is 5.97. The van der Waals surface area contributed by atoms with Gasteiger partial charge in [-0.05, 0) is 40.2 Å². The molecule has 20 heavy (non-hydrogen) atoms. The molecule has 3 atom stereocenters. The third kappa shape index (κ3) is 3.29. The summed E-state index contributed by atoms with van der Waals surface area (Å²) >= 11 is 7.30. The van der Waals surface area contributed by atoms with Crippen LogP contribution in [0.1, 0.15) is 28.9 Å².